The van der Waals surface area contributed by atoms with Crippen LogP contribution in [0.15, 0.2) is 66.8 Å². The van der Waals surface area contributed by atoms with Gasteiger partial charge in [0.25, 0.3) is 5.56 Å². The summed E-state index contributed by atoms with van der Waals surface area (Å²) in [5.41, 5.74) is -0.414. The molecule has 2 aromatic carbocycles. The molecule has 3 rings (SSSR count). The van der Waals surface area contributed by atoms with Crippen LogP contribution in [-0.4, -0.2) is 51.4 Å². The number of hydrogen-bond donors (Lipinski definition) is 2. The van der Waals surface area contributed by atoms with E-state index in [1.807, 2.05) is 0 Å². The monoisotopic (exact) mass is 569 g/mol. The largest absolute Gasteiger partial charge is 0.493 e. The first kappa shape index (κ1) is 25.6. The Hall–Kier alpha value is -3.03. The zero-order valence-corrected chi connectivity index (χ0v) is 21.5. The number of aromatic nitrogens is 2. The zero-order chi connectivity index (χ0) is 24.9. The maximum absolute atomic E-state index is 12.7. The summed E-state index contributed by atoms with van der Waals surface area (Å²) >= 11 is 4.17. The molecule has 1 amide bonds. The molecule has 0 aliphatic heterocycles. The van der Waals surface area contributed by atoms with Gasteiger partial charge in [-0.3, -0.25) is 9.59 Å². The number of ether oxygens (including phenoxy) is 3. The second kappa shape index (κ2) is 10.9. The molecule has 3 aromatic rings. The molecule has 0 saturated carbocycles. The van der Waals surface area contributed by atoms with Crippen molar-refractivity contribution < 1.29 is 27.4 Å². The molecule has 1 heterocycles. The van der Waals surface area contributed by atoms with E-state index in [0.29, 0.717) is 27.4 Å². The van der Waals surface area contributed by atoms with Crippen LogP contribution in [-0.2, 0) is 14.6 Å². The Balaban J connectivity index is 1.71. The minimum atomic E-state index is -4.04. The average molecular weight is 570 g/mol. The highest BCUT2D eigenvalue weighted by Gasteiger charge is 2.22. The topological polar surface area (TPSA) is 137 Å². The van der Waals surface area contributed by atoms with Crippen LogP contribution in [0.5, 0.6) is 17.2 Å². The number of carbonyl (C=O) groups excluding carboxylic acids is 1. The van der Waals surface area contributed by atoms with E-state index in [2.05, 4.69) is 31.2 Å². The number of aromatic amines is 1. The number of methoxy groups -OCH3 is 3. The number of hydrogen-bond acceptors (Lipinski definition) is 9. The number of halogens is 1. The van der Waals surface area contributed by atoms with Crippen LogP contribution in [0.1, 0.15) is 0 Å². The van der Waals surface area contributed by atoms with Crippen LogP contribution in [0.2, 0.25) is 0 Å². The molecule has 1 aromatic heterocycles. The second-order valence-corrected chi connectivity index (χ2v) is 10.4. The molecule has 0 saturated heterocycles. The van der Waals surface area contributed by atoms with Gasteiger partial charge in [0.15, 0.2) is 21.6 Å². The lowest BCUT2D eigenvalue weighted by atomic mass is 10.2. The van der Waals surface area contributed by atoms with Crippen LogP contribution < -0.4 is 25.1 Å². The molecule has 0 bridgehead atoms. The van der Waals surface area contributed by atoms with Crippen molar-refractivity contribution in [3.63, 3.8) is 0 Å². The fourth-order valence-corrected chi connectivity index (χ4v) is 4.99. The lowest BCUT2D eigenvalue weighted by molar-refractivity contribution is -0.113. The van der Waals surface area contributed by atoms with E-state index in [1.165, 1.54) is 33.5 Å². The van der Waals surface area contributed by atoms with Gasteiger partial charge >= 0.3 is 0 Å². The smallest absolute Gasteiger partial charge is 0.270 e. The highest BCUT2D eigenvalue weighted by atomic mass is 79.9. The highest BCUT2D eigenvalue weighted by Crippen LogP contribution is 2.40. The molecule has 34 heavy (non-hydrogen) atoms. The number of benzene rings is 2. The Bertz CT molecular complexity index is 1330. The average Bonchev–Trinajstić information content (AvgIpc) is 2.82. The van der Waals surface area contributed by atoms with Crippen LogP contribution >= 0.6 is 27.7 Å². The quantitative estimate of drug-likeness (QED) is 0.294. The van der Waals surface area contributed by atoms with E-state index in [-0.39, 0.29) is 15.8 Å². The summed E-state index contributed by atoms with van der Waals surface area (Å²) in [6.45, 7) is 0. The maximum atomic E-state index is 12.7. The Morgan fingerprint density at radius 3 is 2.24 bits per heavy atom. The van der Waals surface area contributed by atoms with Crippen molar-refractivity contribution in [1.82, 2.24) is 9.97 Å². The third-order valence-corrected chi connectivity index (χ3v) is 7.62. The van der Waals surface area contributed by atoms with Gasteiger partial charge in [0, 0.05) is 22.3 Å². The summed E-state index contributed by atoms with van der Waals surface area (Å²) in [5.74, 6) is 0.640. The van der Waals surface area contributed by atoms with Gasteiger partial charge in [0.05, 0.1) is 38.2 Å². The van der Waals surface area contributed by atoms with Crippen molar-refractivity contribution in [1.29, 1.82) is 0 Å². The number of amides is 1. The molecule has 0 atom stereocenters. The van der Waals surface area contributed by atoms with Crippen LogP contribution in [0.4, 0.5) is 5.69 Å². The number of H-pyrrole nitrogens is 1. The zero-order valence-electron chi connectivity index (χ0n) is 18.2. The molecule has 0 fully saturated rings. The Morgan fingerprint density at radius 1 is 1.09 bits per heavy atom. The number of sulfone groups is 1. The minimum Gasteiger partial charge on any atom is -0.493 e. The first-order valence-corrected chi connectivity index (χ1v) is 12.8. The number of rotatable bonds is 9. The summed E-state index contributed by atoms with van der Waals surface area (Å²) < 4.78 is 41.9. The summed E-state index contributed by atoms with van der Waals surface area (Å²) in [5, 5.41) is 2.79. The molecule has 0 aliphatic carbocycles. The van der Waals surface area contributed by atoms with Gasteiger partial charge in [-0.05, 0) is 24.3 Å². The lowest BCUT2D eigenvalue weighted by Crippen LogP contribution is -2.20. The predicted octanol–water partition coefficient (Wildman–Crippen LogP) is 3.12. The fraction of sp³-hybridized carbons (Fsp3) is 0.190. The predicted molar refractivity (Wildman–Crippen MR) is 130 cm³/mol. The van der Waals surface area contributed by atoms with Crippen LogP contribution in [0, 0.1) is 0 Å². The van der Waals surface area contributed by atoms with Gasteiger partial charge in [-0.2, -0.15) is 0 Å². The highest BCUT2D eigenvalue weighted by molar-refractivity contribution is 9.10. The van der Waals surface area contributed by atoms with Gasteiger partial charge in [0.1, 0.15) is 0 Å². The number of thioether (sulfide) groups is 1. The lowest BCUT2D eigenvalue weighted by Gasteiger charge is -2.14. The van der Waals surface area contributed by atoms with E-state index in [0.717, 1.165) is 18.0 Å². The number of nitrogens with one attached hydrogen (secondary N) is 2. The van der Waals surface area contributed by atoms with Crippen molar-refractivity contribution >= 4 is 49.1 Å². The summed E-state index contributed by atoms with van der Waals surface area (Å²) in [4.78, 5) is 30.7. The minimum absolute atomic E-state index is 0.0341. The first-order chi connectivity index (χ1) is 16.2. The van der Waals surface area contributed by atoms with E-state index in [4.69, 9.17) is 14.2 Å². The molecular weight excluding hydrogens is 550 g/mol. The standard InChI is InChI=1S/C21H20BrN3O7S2/c1-30-15-8-13(9-16(31-2)19(15)32-3)24-18(26)11-33-21-23-10-17(20(27)25-21)34(28,29)14-6-4-12(22)5-7-14/h4-10H,11H2,1-3H3,(H,24,26)(H,23,25,27). The molecular formula is C21H20BrN3O7S2. The van der Waals surface area contributed by atoms with E-state index < -0.39 is 26.2 Å². The Morgan fingerprint density at radius 2 is 1.71 bits per heavy atom. The number of nitrogens with zero attached hydrogens (tertiary/aromatic N) is 1. The van der Waals surface area contributed by atoms with Gasteiger partial charge < -0.3 is 24.5 Å². The van der Waals surface area contributed by atoms with Crippen molar-refractivity contribution in [2.45, 2.75) is 14.9 Å². The first-order valence-electron chi connectivity index (χ1n) is 9.52. The number of carbonyl (C=O) groups is 1. The van der Waals surface area contributed by atoms with Crippen LogP contribution in [0.3, 0.4) is 0 Å². The fourth-order valence-electron chi connectivity index (χ4n) is 2.86. The van der Waals surface area contributed by atoms with Crippen molar-refractivity contribution in [2.24, 2.45) is 0 Å². The summed E-state index contributed by atoms with van der Waals surface area (Å²) in [6, 6.07) is 9.04. The summed E-state index contributed by atoms with van der Waals surface area (Å²) in [6.07, 6.45) is 0.982. The van der Waals surface area contributed by atoms with Gasteiger partial charge in [-0.25, -0.2) is 13.4 Å². The van der Waals surface area contributed by atoms with Crippen molar-refractivity contribution in [3.8, 4) is 17.2 Å². The van der Waals surface area contributed by atoms with Gasteiger partial charge in [-0.1, -0.05) is 27.7 Å². The Labute approximate surface area is 208 Å². The van der Waals surface area contributed by atoms with Crippen molar-refractivity contribution in [2.75, 3.05) is 32.4 Å². The third kappa shape index (κ3) is 5.72. The second-order valence-electron chi connectivity index (χ2n) is 6.59. The number of anilines is 1. The molecule has 10 nitrogen and oxygen atoms in total. The van der Waals surface area contributed by atoms with Crippen molar-refractivity contribution in [3.05, 3.63) is 57.4 Å². The summed E-state index contributed by atoms with van der Waals surface area (Å²) in [7, 11) is 0.346. The maximum Gasteiger partial charge on any atom is 0.270 e. The van der Waals surface area contributed by atoms with E-state index in [1.54, 1.807) is 24.3 Å². The molecule has 13 heteroatoms. The third-order valence-electron chi connectivity index (χ3n) is 4.45. The van der Waals surface area contributed by atoms with Gasteiger partial charge in [-0.15, -0.1) is 0 Å². The molecule has 0 spiro atoms. The molecule has 0 aliphatic rings. The molecule has 0 unspecified atom stereocenters. The van der Waals surface area contributed by atoms with E-state index in [9.17, 15) is 18.0 Å². The van der Waals surface area contributed by atoms with E-state index >= 15 is 0 Å². The SMILES string of the molecule is COc1cc(NC(=O)CSc2ncc(S(=O)(=O)c3ccc(Br)cc3)c(=O)[nH]2)cc(OC)c1OC. The van der Waals surface area contributed by atoms with Gasteiger partial charge in [0.2, 0.25) is 21.5 Å². The Kier molecular flexibility index (Phi) is 8.23. The normalized spacial score (nSPS) is 11.1. The molecule has 0 radical (unpaired) electrons. The molecule has 180 valence electrons. The van der Waals surface area contributed by atoms with Crippen LogP contribution in [0.25, 0.3) is 0 Å². The molecule has 2 N–H and O–H groups in total.